The van der Waals surface area contributed by atoms with Gasteiger partial charge in [-0.3, -0.25) is 4.57 Å². The summed E-state index contributed by atoms with van der Waals surface area (Å²) < 4.78 is 13.9. The monoisotopic (exact) mass is 184 g/mol. The lowest BCUT2D eigenvalue weighted by Crippen LogP contribution is -1.87. The molecule has 0 aromatic heterocycles. The van der Waals surface area contributed by atoms with Crippen molar-refractivity contribution < 1.29 is 19.1 Å². The van der Waals surface area contributed by atoms with Gasteiger partial charge in [0.1, 0.15) is 6.35 Å². The molecular formula is C6H17O4P. The molecule has 0 atom stereocenters. The highest BCUT2D eigenvalue weighted by Crippen LogP contribution is 2.33. The quantitative estimate of drug-likeness (QED) is 0.653. The minimum absolute atomic E-state index is 0.493. The Balaban J connectivity index is 0. The van der Waals surface area contributed by atoms with Gasteiger partial charge in [0.15, 0.2) is 0 Å². The van der Waals surface area contributed by atoms with Crippen molar-refractivity contribution >= 4 is 7.60 Å². The summed E-state index contributed by atoms with van der Waals surface area (Å²) in [6.07, 6.45) is 2.15. The first-order chi connectivity index (χ1) is 4.97. The Morgan fingerprint density at radius 3 is 1.64 bits per heavy atom. The zero-order valence-corrected chi connectivity index (χ0v) is 8.17. The third-order valence-electron chi connectivity index (χ3n) is 0.797. The minimum Gasteiger partial charge on any atom is -0.372 e. The maximum absolute atomic E-state index is 9.80. The Morgan fingerprint density at radius 2 is 1.64 bits per heavy atom. The van der Waals surface area contributed by atoms with Crippen LogP contribution in [0.1, 0.15) is 26.7 Å². The van der Waals surface area contributed by atoms with Gasteiger partial charge in [-0.05, 0) is 0 Å². The normalized spacial score (nSPS) is 10.3. The van der Waals surface area contributed by atoms with Gasteiger partial charge in [-0.1, -0.05) is 26.7 Å². The van der Waals surface area contributed by atoms with Crippen LogP contribution in [0.25, 0.3) is 0 Å². The fraction of sp³-hybridized carbons (Fsp3) is 1.00. The molecule has 0 amide bonds. The molecule has 2 N–H and O–H groups in total. The van der Waals surface area contributed by atoms with E-state index in [2.05, 4.69) is 18.6 Å². The van der Waals surface area contributed by atoms with Gasteiger partial charge in [-0.25, -0.2) is 0 Å². The number of methoxy groups -OCH3 is 1. The van der Waals surface area contributed by atoms with Gasteiger partial charge in [0.25, 0.3) is 0 Å². The van der Waals surface area contributed by atoms with Crippen LogP contribution in [-0.2, 0) is 9.30 Å². The molecule has 0 saturated heterocycles. The average Bonchev–Trinajstić information content (AvgIpc) is 1.86. The number of rotatable bonds is 3. The van der Waals surface area contributed by atoms with Crippen molar-refractivity contribution in [3.05, 3.63) is 0 Å². The molecule has 11 heavy (non-hydrogen) atoms. The van der Waals surface area contributed by atoms with Crippen LogP contribution in [0.2, 0.25) is 0 Å². The van der Waals surface area contributed by atoms with E-state index in [0.29, 0.717) is 0 Å². The van der Waals surface area contributed by atoms with Crippen LogP contribution in [0, 0.1) is 0 Å². The molecule has 0 aromatic carbocycles. The van der Waals surface area contributed by atoms with E-state index in [0.717, 1.165) is 0 Å². The third kappa shape index (κ3) is 25.5. The first-order valence-electron chi connectivity index (χ1n) is 3.51. The second-order valence-corrected chi connectivity index (χ2v) is 3.67. The van der Waals surface area contributed by atoms with Gasteiger partial charge >= 0.3 is 7.60 Å². The molecule has 0 spiro atoms. The average molecular weight is 184 g/mol. The molecule has 0 fully saturated rings. The predicted octanol–water partition coefficient (Wildman–Crippen LogP) is 1.57. The Labute approximate surface area is 67.7 Å². The summed E-state index contributed by atoms with van der Waals surface area (Å²) in [7, 11) is -2.65. The molecule has 0 aliphatic heterocycles. The first kappa shape index (κ1) is 13.7. The zero-order valence-electron chi connectivity index (χ0n) is 7.28. The van der Waals surface area contributed by atoms with E-state index in [1.807, 2.05) is 0 Å². The van der Waals surface area contributed by atoms with Crippen LogP contribution >= 0.6 is 7.60 Å². The Bertz CT molecular complexity index is 107. The largest absolute Gasteiger partial charge is 0.372 e. The predicted molar refractivity (Wildman–Crippen MR) is 44.5 cm³/mol. The number of hydrogen-bond acceptors (Lipinski definition) is 2. The molecule has 0 heterocycles. The fourth-order valence-corrected chi connectivity index (χ4v) is 0.505. The van der Waals surface area contributed by atoms with Crippen molar-refractivity contribution in [1.82, 2.24) is 0 Å². The van der Waals surface area contributed by atoms with Crippen LogP contribution in [0.4, 0.5) is 0 Å². The summed E-state index contributed by atoms with van der Waals surface area (Å²) in [4.78, 5) is 16.0. The summed E-state index contributed by atoms with van der Waals surface area (Å²) in [6, 6.07) is 0. The van der Waals surface area contributed by atoms with E-state index in [1.54, 1.807) is 0 Å². The van der Waals surface area contributed by atoms with Crippen LogP contribution in [0.3, 0.4) is 0 Å². The number of ether oxygens (including phenoxy) is 1. The second kappa shape index (κ2) is 8.21. The van der Waals surface area contributed by atoms with Crippen molar-refractivity contribution in [3.8, 4) is 0 Å². The van der Waals surface area contributed by atoms with E-state index < -0.39 is 13.9 Å². The number of hydrogen-bond donors (Lipinski definition) is 2. The van der Waals surface area contributed by atoms with Crippen molar-refractivity contribution in [2.45, 2.75) is 26.7 Å². The lowest BCUT2D eigenvalue weighted by atomic mass is 10.4. The van der Waals surface area contributed by atoms with Gasteiger partial charge in [-0.15, -0.1) is 0 Å². The minimum atomic E-state index is -3.89. The first-order valence-corrected chi connectivity index (χ1v) is 5.31. The van der Waals surface area contributed by atoms with Gasteiger partial charge in [0.05, 0.1) is 0 Å². The highest BCUT2D eigenvalue weighted by Gasteiger charge is 2.09. The highest BCUT2D eigenvalue weighted by atomic mass is 31.2. The molecule has 4 nitrogen and oxygen atoms in total. The van der Waals surface area contributed by atoms with Crippen LogP contribution in [0.15, 0.2) is 0 Å². The zero-order chi connectivity index (χ0) is 9.33. The van der Waals surface area contributed by atoms with Crippen molar-refractivity contribution in [1.29, 1.82) is 0 Å². The molecule has 0 unspecified atom stereocenters. The van der Waals surface area contributed by atoms with Gasteiger partial charge < -0.3 is 14.5 Å². The molecular weight excluding hydrogens is 167 g/mol. The van der Waals surface area contributed by atoms with Gasteiger partial charge in [-0.2, -0.15) is 0 Å². The second-order valence-electron chi connectivity index (χ2n) is 2.08. The lowest BCUT2D eigenvalue weighted by Gasteiger charge is -1.97. The Hall–Kier alpha value is 0.110. The van der Waals surface area contributed by atoms with E-state index in [1.165, 1.54) is 20.0 Å². The summed E-state index contributed by atoms with van der Waals surface area (Å²) in [5.41, 5.74) is 0. The smallest absolute Gasteiger partial charge is 0.350 e. The summed E-state index contributed by atoms with van der Waals surface area (Å²) in [5, 5.41) is 0. The third-order valence-corrected chi connectivity index (χ3v) is 1.39. The van der Waals surface area contributed by atoms with E-state index >= 15 is 0 Å². The van der Waals surface area contributed by atoms with Crippen molar-refractivity contribution in [2.75, 3.05) is 13.5 Å². The molecule has 0 aliphatic rings. The van der Waals surface area contributed by atoms with E-state index in [9.17, 15) is 4.57 Å². The summed E-state index contributed by atoms with van der Waals surface area (Å²) in [6.45, 7) is 4.36. The molecule has 0 aromatic rings. The Kier molecular flexibility index (Phi) is 10.2. The van der Waals surface area contributed by atoms with Crippen molar-refractivity contribution in [2.24, 2.45) is 0 Å². The molecule has 0 rings (SSSR count). The molecule has 0 radical (unpaired) electrons. The molecule has 0 bridgehead atoms. The topological polar surface area (TPSA) is 66.8 Å². The standard InChI is InChI=1S/C4H10.C2H7O4P/c1-3-4-2;1-6-2-7(3,4)5/h3-4H2,1-2H3;2H2,1H3,(H2,3,4,5). The number of unbranched alkanes of at least 4 members (excludes halogenated alkanes) is 1. The van der Waals surface area contributed by atoms with Crippen LogP contribution in [-0.4, -0.2) is 23.2 Å². The van der Waals surface area contributed by atoms with Crippen molar-refractivity contribution in [3.63, 3.8) is 0 Å². The Morgan fingerprint density at radius 1 is 1.27 bits per heavy atom. The molecule has 0 saturated carbocycles. The SMILES string of the molecule is CCCC.COCP(=O)(O)O. The summed E-state index contributed by atoms with van der Waals surface area (Å²) >= 11 is 0. The molecule has 0 aliphatic carbocycles. The van der Waals surface area contributed by atoms with Gasteiger partial charge in [0.2, 0.25) is 0 Å². The highest BCUT2D eigenvalue weighted by molar-refractivity contribution is 7.51. The maximum Gasteiger partial charge on any atom is 0.350 e. The van der Waals surface area contributed by atoms with Crippen LogP contribution < -0.4 is 0 Å². The maximum atomic E-state index is 9.80. The van der Waals surface area contributed by atoms with Gasteiger partial charge in [0, 0.05) is 7.11 Å². The van der Waals surface area contributed by atoms with Crippen LogP contribution in [0.5, 0.6) is 0 Å². The van der Waals surface area contributed by atoms with E-state index in [4.69, 9.17) is 9.79 Å². The summed E-state index contributed by atoms with van der Waals surface area (Å²) in [5.74, 6) is 0. The molecule has 70 valence electrons. The lowest BCUT2D eigenvalue weighted by molar-refractivity contribution is 0.217. The fourth-order valence-electron chi connectivity index (χ4n) is 0.168. The molecule has 5 heteroatoms. The van der Waals surface area contributed by atoms with E-state index in [-0.39, 0.29) is 0 Å².